The topological polar surface area (TPSA) is 39.1 Å². The van der Waals surface area contributed by atoms with Gasteiger partial charge in [-0.25, -0.2) is 0 Å². The number of likely N-dealkylation sites (tertiary alicyclic amines) is 1. The van der Waals surface area contributed by atoms with Crippen molar-refractivity contribution in [3.63, 3.8) is 0 Å². The maximum atomic E-state index is 8.70. The average Bonchev–Trinajstić information content (AvgIpc) is 2.85. The van der Waals surface area contributed by atoms with E-state index in [0.717, 1.165) is 19.5 Å². The first-order valence-electron chi connectivity index (χ1n) is 6.65. The van der Waals surface area contributed by atoms with Crippen molar-refractivity contribution >= 4 is 0 Å². The summed E-state index contributed by atoms with van der Waals surface area (Å²) in [4.78, 5) is 2.56. The highest BCUT2D eigenvalue weighted by Gasteiger charge is 2.41. The molecule has 1 aliphatic carbocycles. The molecular weight excluding hydrogens is 198 g/mol. The Morgan fingerprint density at radius 1 is 1.25 bits per heavy atom. The van der Waals surface area contributed by atoms with Crippen LogP contribution in [0.2, 0.25) is 0 Å². The maximum absolute atomic E-state index is 8.70. The molecule has 16 heavy (non-hydrogen) atoms. The van der Waals surface area contributed by atoms with Crippen LogP contribution in [0.1, 0.15) is 38.5 Å². The molecule has 1 N–H and O–H groups in total. The molecule has 0 aromatic heterocycles. The minimum atomic E-state index is 0.363. The third-order valence-electron chi connectivity index (χ3n) is 3.94. The molecule has 0 radical (unpaired) electrons. The lowest BCUT2D eigenvalue weighted by Gasteiger charge is -2.16. The van der Waals surface area contributed by atoms with E-state index in [0.29, 0.717) is 5.41 Å². The predicted octanol–water partition coefficient (Wildman–Crippen LogP) is 1.76. The number of nitriles is 1. The van der Waals surface area contributed by atoms with Gasteiger partial charge in [0.15, 0.2) is 0 Å². The van der Waals surface area contributed by atoms with Crippen molar-refractivity contribution in [1.82, 2.24) is 10.2 Å². The Labute approximate surface area is 98.8 Å². The fraction of sp³-hybridized carbons (Fsp3) is 0.923. The van der Waals surface area contributed by atoms with Crippen LogP contribution in [-0.4, -0.2) is 37.6 Å². The minimum absolute atomic E-state index is 0.363. The van der Waals surface area contributed by atoms with Crippen LogP contribution in [0.3, 0.4) is 0 Å². The van der Waals surface area contributed by atoms with Crippen LogP contribution < -0.4 is 5.32 Å². The van der Waals surface area contributed by atoms with Gasteiger partial charge in [0.1, 0.15) is 0 Å². The minimum Gasteiger partial charge on any atom is -0.316 e. The van der Waals surface area contributed by atoms with E-state index in [4.69, 9.17) is 5.26 Å². The van der Waals surface area contributed by atoms with E-state index in [-0.39, 0.29) is 0 Å². The lowest BCUT2D eigenvalue weighted by molar-refractivity contribution is 0.328. The van der Waals surface area contributed by atoms with Crippen LogP contribution in [0.5, 0.6) is 0 Å². The van der Waals surface area contributed by atoms with Gasteiger partial charge >= 0.3 is 0 Å². The summed E-state index contributed by atoms with van der Waals surface area (Å²) in [7, 11) is 0. The Hall–Kier alpha value is -0.590. The highest BCUT2D eigenvalue weighted by molar-refractivity contribution is 5.00. The summed E-state index contributed by atoms with van der Waals surface area (Å²) in [5.74, 6) is 0. The first kappa shape index (κ1) is 11.9. The van der Waals surface area contributed by atoms with Gasteiger partial charge in [-0.05, 0) is 63.7 Å². The van der Waals surface area contributed by atoms with Crippen LogP contribution in [0.25, 0.3) is 0 Å². The molecule has 1 heterocycles. The van der Waals surface area contributed by atoms with Gasteiger partial charge < -0.3 is 10.2 Å². The zero-order valence-corrected chi connectivity index (χ0v) is 10.2. The zero-order chi connectivity index (χ0) is 11.3. The number of nitrogens with one attached hydrogen (secondary N) is 1. The van der Waals surface area contributed by atoms with E-state index in [9.17, 15) is 0 Å². The quantitative estimate of drug-likeness (QED) is 0.666. The molecule has 2 aliphatic rings. The van der Waals surface area contributed by atoms with Crippen LogP contribution >= 0.6 is 0 Å². The smallest absolute Gasteiger partial charge is 0.0628 e. The molecule has 1 saturated heterocycles. The molecule has 0 atom stereocenters. The van der Waals surface area contributed by atoms with Crippen LogP contribution in [0.15, 0.2) is 0 Å². The van der Waals surface area contributed by atoms with E-state index in [1.807, 2.05) is 0 Å². The summed E-state index contributed by atoms with van der Waals surface area (Å²) < 4.78 is 0. The molecule has 1 saturated carbocycles. The average molecular weight is 221 g/mol. The van der Waals surface area contributed by atoms with Gasteiger partial charge in [-0.2, -0.15) is 5.26 Å². The monoisotopic (exact) mass is 221 g/mol. The Kier molecular flexibility index (Phi) is 4.20. The Bertz CT molecular complexity index is 246. The molecule has 0 spiro atoms. The SMILES string of the molecule is N#CCC1(CNCCCN2CCCC2)CC1. The second kappa shape index (κ2) is 5.65. The maximum Gasteiger partial charge on any atom is 0.0628 e. The highest BCUT2D eigenvalue weighted by Crippen LogP contribution is 2.47. The van der Waals surface area contributed by atoms with Crippen molar-refractivity contribution in [2.24, 2.45) is 5.41 Å². The Morgan fingerprint density at radius 3 is 2.62 bits per heavy atom. The van der Waals surface area contributed by atoms with Gasteiger partial charge in [0.2, 0.25) is 0 Å². The lowest BCUT2D eigenvalue weighted by Crippen LogP contribution is -2.28. The second-order valence-corrected chi connectivity index (χ2v) is 5.41. The van der Waals surface area contributed by atoms with Gasteiger partial charge in [-0.15, -0.1) is 0 Å². The van der Waals surface area contributed by atoms with Crippen molar-refractivity contribution in [3.8, 4) is 6.07 Å². The third kappa shape index (κ3) is 3.47. The van der Waals surface area contributed by atoms with Crippen molar-refractivity contribution in [2.45, 2.75) is 38.5 Å². The molecule has 90 valence electrons. The molecule has 3 heteroatoms. The molecular formula is C13H23N3. The fourth-order valence-corrected chi connectivity index (χ4v) is 2.55. The molecule has 0 unspecified atom stereocenters. The van der Waals surface area contributed by atoms with Crippen LogP contribution in [0.4, 0.5) is 0 Å². The van der Waals surface area contributed by atoms with Crippen molar-refractivity contribution in [1.29, 1.82) is 5.26 Å². The zero-order valence-electron chi connectivity index (χ0n) is 10.2. The standard InChI is InChI=1S/C13H23N3/c14-7-6-13(4-5-13)12-15-8-3-11-16-9-1-2-10-16/h15H,1-6,8-12H2. The second-order valence-electron chi connectivity index (χ2n) is 5.41. The van der Waals surface area contributed by atoms with Gasteiger partial charge in [-0.3, -0.25) is 0 Å². The number of rotatable bonds is 7. The lowest BCUT2D eigenvalue weighted by atomic mass is 10.0. The molecule has 2 fully saturated rings. The molecule has 0 aromatic carbocycles. The van der Waals surface area contributed by atoms with Crippen LogP contribution in [-0.2, 0) is 0 Å². The molecule has 0 amide bonds. The van der Waals surface area contributed by atoms with E-state index >= 15 is 0 Å². The number of nitrogens with zero attached hydrogens (tertiary/aromatic N) is 2. The molecule has 3 nitrogen and oxygen atoms in total. The normalized spacial score (nSPS) is 23.2. The summed E-state index contributed by atoms with van der Waals surface area (Å²) in [6, 6.07) is 2.31. The molecule has 1 aliphatic heterocycles. The number of hydrogen-bond acceptors (Lipinski definition) is 3. The van der Waals surface area contributed by atoms with Crippen molar-refractivity contribution in [2.75, 3.05) is 32.7 Å². The first-order valence-corrected chi connectivity index (χ1v) is 6.65. The fourth-order valence-electron chi connectivity index (χ4n) is 2.55. The summed E-state index contributed by atoms with van der Waals surface area (Å²) in [6.07, 6.45) is 7.27. The molecule has 0 aromatic rings. The predicted molar refractivity (Wildman–Crippen MR) is 65.1 cm³/mol. The van der Waals surface area contributed by atoms with E-state index in [2.05, 4.69) is 16.3 Å². The summed E-state index contributed by atoms with van der Waals surface area (Å²) >= 11 is 0. The van der Waals surface area contributed by atoms with Crippen LogP contribution in [0, 0.1) is 16.7 Å². The van der Waals surface area contributed by atoms with Crippen molar-refractivity contribution < 1.29 is 0 Å². The van der Waals surface area contributed by atoms with Gasteiger partial charge in [0.25, 0.3) is 0 Å². The molecule has 0 bridgehead atoms. The third-order valence-corrected chi connectivity index (χ3v) is 3.94. The van der Waals surface area contributed by atoms with E-state index < -0.39 is 0 Å². The summed E-state index contributed by atoms with van der Waals surface area (Å²) in [5, 5.41) is 12.2. The van der Waals surface area contributed by atoms with E-state index in [1.165, 1.54) is 51.7 Å². The Morgan fingerprint density at radius 2 is 2.00 bits per heavy atom. The first-order chi connectivity index (χ1) is 7.85. The summed E-state index contributed by atoms with van der Waals surface area (Å²) in [6.45, 7) is 6.03. The Balaban J connectivity index is 1.47. The van der Waals surface area contributed by atoms with E-state index in [1.54, 1.807) is 0 Å². The summed E-state index contributed by atoms with van der Waals surface area (Å²) in [5.41, 5.74) is 0.363. The van der Waals surface area contributed by atoms with Gasteiger partial charge in [0.05, 0.1) is 6.07 Å². The van der Waals surface area contributed by atoms with Gasteiger partial charge in [-0.1, -0.05) is 0 Å². The van der Waals surface area contributed by atoms with Gasteiger partial charge in [0, 0.05) is 13.0 Å². The highest BCUT2D eigenvalue weighted by atomic mass is 15.1. The largest absolute Gasteiger partial charge is 0.316 e. The number of hydrogen-bond donors (Lipinski definition) is 1. The molecule has 2 rings (SSSR count). The van der Waals surface area contributed by atoms with Crippen molar-refractivity contribution in [3.05, 3.63) is 0 Å².